The number of hydrogen-bond acceptors (Lipinski definition) is 1. The molecular weight excluding hydrogens is 155 g/mol. The predicted octanol–water partition coefficient (Wildman–Crippen LogP) is -2.87. The Kier molecular flexibility index (Phi) is 2.84. The van der Waals surface area contributed by atoms with E-state index in [-0.39, 0.29) is 22.1 Å². The first-order valence-corrected chi connectivity index (χ1v) is 3.94. The fourth-order valence-electron chi connectivity index (χ4n) is 1.23. The normalized spacial score (nSPS) is 10.2. The Morgan fingerprint density at radius 3 is 1.85 bits per heavy atom. The zero-order chi connectivity index (χ0) is 10.2. The zero-order valence-corrected chi connectivity index (χ0v) is 7.46. The average molecular weight is 161 g/mol. The Hall–Kier alpha value is -0.720. The number of phenols is 1. The van der Waals surface area contributed by atoms with Crippen molar-refractivity contribution in [3.05, 3.63) is 5.56 Å². The van der Waals surface area contributed by atoms with E-state index in [0.29, 0.717) is 17.4 Å². The molecule has 56 valence electrons. The molecule has 1 rings (SSSR count). The molecule has 8 radical (unpaired) electrons. The Morgan fingerprint density at radius 2 is 1.38 bits per heavy atom. The van der Waals surface area contributed by atoms with Crippen LogP contribution in [0.1, 0.15) is 12.5 Å². The van der Waals surface area contributed by atoms with Crippen LogP contribution in [0, 0.1) is 0 Å². The van der Waals surface area contributed by atoms with Gasteiger partial charge in [0.2, 0.25) is 0 Å². The third kappa shape index (κ3) is 1.52. The number of phenolic OH excluding ortho intramolecular Hbond substituents is 1. The number of hydrogen-bond donors (Lipinski definition) is 1. The Bertz CT molecular complexity index is 319. The molecule has 0 spiro atoms. The fourth-order valence-corrected chi connectivity index (χ4v) is 1.23. The minimum absolute atomic E-state index is 0.0632. The maximum Gasteiger partial charge on any atom is 0.118 e. The lowest BCUT2D eigenvalue weighted by molar-refractivity contribution is 0.474. The van der Waals surface area contributed by atoms with Crippen molar-refractivity contribution >= 4 is 53.2 Å². The monoisotopic (exact) mass is 162 g/mol. The van der Waals surface area contributed by atoms with Crippen molar-refractivity contribution in [2.45, 2.75) is 13.3 Å². The van der Waals surface area contributed by atoms with E-state index < -0.39 is 0 Å². The SMILES string of the molecule is [B]c1c([B])c([B])c(CC)c(O)c1[B]. The highest BCUT2D eigenvalue weighted by atomic mass is 16.3. The number of benzene rings is 1. The van der Waals surface area contributed by atoms with Crippen LogP contribution in [0.4, 0.5) is 0 Å². The summed E-state index contributed by atoms with van der Waals surface area (Å²) in [6.45, 7) is 1.85. The van der Waals surface area contributed by atoms with Gasteiger partial charge in [0.1, 0.15) is 37.1 Å². The van der Waals surface area contributed by atoms with Crippen LogP contribution >= 0.6 is 0 Å². The first kappa shape index (κ1) is 10.4. The van der Waals surface area contributed by atoms with E-state index in [9.17, 15) is 5.11 Å². The van der Waals surface area contributed by atoms with Crippen LogP contribution < -0.4 is 21.9 Å². The summed E-state index contributed by atoms with van der Waals surface area (Å²) in [5.41, 5.74) is 1.35. The molecule has 1 N–H and O–H groups in total. The van der Waals surface area contributed by atoms with Crippen LogP contribution in [0.25, 0.3) is 0 Å². The van der Waals surface area contributed by atoms with Crippen molar-refractivity contribution in [3.8, 4) is 5.75 Å². The molecule has 5 heteroatoms. The Morgan fingerprint density at radius 1 is 0.923 bits per heavy atom. The van der Waals surface area contributed by atoms with Gasteiger partial charge in [0, 0.05) is 0 Å². The van der Waals surface area contributed by atoms with Gasteiger partial charge in [-0.2, -0.15) is 0 Å². The molecular formula is C8H6B4O. The van der Waals surface area contributed by atoms with E-state index in [4.69, 9.17) is 31.4 Å². The van der Waals surface area contributed by atoms with Gasteiger partial charge in [0.25, 0.3) is 0 Å². The lowest BCUT2D eigenvalue weighted by Crippen LogP contribution is -2.48. The minimum atomic E-state index is -0.0632. The molecule has 13 heavy (non-hydrogen) atoms. The maximum absolute atomic E-state index is 9.54. The largest absolute Gasteiger partial charge is 0.508 e. The zero-order valence-electron chi connectivity index (χ0n) is 7.46. The van der Waals surface area contributed by atoms with E-state index in [0.717, 1.165) is 0 Å². The first-order valence-electron chi connectivity index (χ1n) is 3.94. The summed E-state index contributed by atoms with van der Waals surface area (Å²) in [7, 11) is 22.3. The summed E-state index contributed by atoms with van der Waals surface area (Å²) in [6.07, 6.45) is 0.562. The summed E-state index contributed by atoms with van der Waals surface area (Å²) >= 11 is 0. The molecule has 0 aliphatic carbocycles. The van der Waals surface area contributed by atoms with Crippen molar-refractivity contribution in [2.75, 3.05) is 0 Å². The lowest BCUT2D eigenvalue weighted by atomic mass is 9.64. The van der Waals surface area contributed by atoms with E-state index in [1.165, 1.54) is 0 Å². The average Bonchev–Trinajstić information content (AvgIpc) is 2.13. The third-order valence-corrected chi connectivity index (χ3v) is 2.09. The third-order valence-electron chi connectivity index (χ3n) is 2.09. The van der Waals surface area contributed by atoms with Gasteiger partial charge < -0.3 is 5.11 Å². The molecule has 1 aromatic rings. The second-order valence-electron chi connectivity index (χ2n) is 2.84. The van der Waals surface area contributed by atoms with Crippen molar-refractivity contribution in [1.82, 2.24) is 0 Å². The molecule has 0 saturated heterocycles. The standard InChI is InChI=1S/C8H6B4O/c1-2-3-4(9)5(10)6(11)7(12)8(3)13/h13H,2H2,1H3. The van der Waals surface area contributed by atoms with Crippen LogP contribution in [0.3, 0.4) is 0 Å². The van der Waals surface area contributed by atoms with E-state index in [1.54, 1.807) is 0 Å². The second kappa shape index (κ2) is 3.57. The van der Waals surface area contributed by atoms with Gasteiger partial charge >= 0.3 is 0 Å². The molecule has 0 aliphatic heterocycles. The molecule has 0 unspecified atom stereocenters. The van der Waals surface area contributed by atoms with Crippen molar-refractivity contribution in [3.63, 3.8) is 0 Å². The maximum atomic E-state index is 9.54. The van der Waals surface area contributed by atoms with Crippen molar-refractivity contribution in [2.24, 2.45) is 0 Å². The number of aromatic hydroxyl groups is 1. The highest BCUT2D eigenvalue weighted by Crippen LogP contribution is 2.08. The molecule has 0 atom stereocenters. The molecule has 0 fully saturated rings. The highest BCUT2D eigenvalue weighted by Gasteiger charge is 2.10. The van der Waals surface area contributed by atoms with Gasteiger partial charge in [-0.25, -0.2) is 0 Å². The van der Waals surface area contributed by atoms with Crippen LogP contribution in [-0.4, -0.2) is 36.5 Å². The van der Waals surface area contributed by atoms with Gasteiger partial charge in [-0.15, -0.1) is 10.9 Å². The highest BCUT2D eigenvalue weighted by molar-refractivity contribution is 6.63. The molecule has 0 amide bonds. The van der Waals surface area contributed by atoms with Crippen LogP contribution in [-0.2, 0) is 6.42 Å². The summed E-state index contributed by atoms with van der Waals surface area (Å²) in [5.74, 6) is -0.0632. The molecule has 0 aromatic heterocycles. The summed E-state index contributed by atoms with van der Waals surface area (Å²) < 4.78 is 0. The predicted molar refractivity (Wildman–Crippen MR) is 59.0 cm³/mol. The molecule has 0 bridgehead atoms. The quantitative estimate of drug-likeness (QED) is 0.439. The first-order chi connectivity index (χ1) is 6.00. The summed E-state index contributed by atoms with van der Waals surface area (Å²) in [6, 6.07) is 0. The van der Waals surface area contributed by atoms with Crippen LogP contribution in [0.15, 0.2) is 0 Å². The van der Waals surface area contributed by atoms with Crippen molar-refractivity contribution in [1.29, 1.82) is 0 Å². The van der Waals surface area contributed by atoms with Crippen LogP contribution in [0.2, 0.25) is 0 Å². The van der Waals surface area contributed by atoms with Gasteiger partial charge in [0.05, 0.1) is 0 Å². The van der Waals surface area contributed by atoms with E-state index in [1.807, 2.05) is 6.92 Å². The number of rotatable bonds is 1. The second-order valence-corrected chi connectivity index (χ2v) is 2.84. The molecule has 0 aliphatic rings. The summed E-state index contributed by atoms with van der Waals surface area (Å²) in [4.78, 5) is 0. The Balaban J connectivity index is 3.56. The topological polar surface area (TPSA) is 20.2 Å². The lowest BCUT2D eigenvalue weighted by Gasteiger charge is -2.17. The fraction of sp³-hybridized carbons (Fsp3) is 0.250. The molecule has 1 aromatic carbocycles. The van der Waals surface area contributed by atoms with Crippen LogP contribution in [0.5, 0.6) is 5.75 Å². The van der Waals surface area contributed by atoms with Gasteiger partial charge in [-0.05, 0) is 12.0 Å². The molecule has 0 heterocycles. The summed E-state index contributed by atoms with van der Waals surface area (Å²) in [5, 5.41) is 9.54. The van der Waals surface area contributed by atoms with Crippen molar-refractivity contribution < 1.29 is 5.11 Å². The van der Waals surface area contributed by atoms with Gasteiger partial charge in [0.15, 0.2) is 0 Å². The Labute approximate surface area is 83.6 Å². The van der Waals surface area contributed by atoms with Gasteiger partial charge in [-0.3, -0.25) is 0 Å². The van der Waals surface area contributed by atoms with E-state index in [2.05, 4.69) is 0 Å². The van der Waals surface area contributed by atoms with E-state index >= 15 is 0 Å². The minimum Gasteiger partial charge on any atom is -0.508 e. The molecule has 1 nitrogen and oxygen atoms in total. The smallest absolute Gasteiger partial charge is 0.118 e. The molecule has 0 saturated carbocycles. The van der Waals surface area contributed by atoms with Gasteiger partial charge in [-0.1, -0.05) is 17.8 Å².